The van der Waals surface area contributed by atoms with E-state index < -0.39 is 6.10 Å². The number of rotatable bonds is 47. The summed E-state index contributed by atoms with van der Waals surface area (Å²) >= 11 is 0. The normalized spacial score (nSPS) is 13.2. The molecule has 0 heterocycles. The standard InChI is InChI=1S/C62H98O6/c1-4-7-10-13-16-19-22-25-28-30-31-32-35-37-40-43-46-49-52-55-61(64)67-58-59(57-66-60(63)54-51-48-45-42-39-36-33-27-24-21-18-15-12-9-6-3)68-62(65)56-53-50-47-44-41-38-34-29-26-23-20-17-14-11-8-5-2/h7,9-10,12,16,18-21,23,25,27-29,31-34,37,40,46,49,59H,4-6,8,11,13-15,17,22,24,26,30,35-36,38-39,41-45,47-48,50-58H2,1-3H3/b10-7-,12-9-,19-16-,21-18-,23-20-,28-25-,32-31-,33-27-,34-29-,40-37-,49-46-. The number of esters is 3. The molecule has 0 aliphatic heterocycles. The van der Waals surface area contributed by atoms with Gasteiger partial charge in [-0.05, 0) is 122 Å². The van der Waals surface area contributed by atoms with Gasteiger partial charge in [-0.3, -0.25) is 14.4 Å². The molecule has 0 rings (SSSR count). The van der Waals surface area contributed by atoms with E-state index in [-0.39, 0.29) is 44.0 Å². The molecule has 0 spiro atoms. The van der Waals surface area contributed by atoms with Crippen LogP contribution < -0.4 is 0 Å². The molecule has 6 nitrogen and oxygen atoms in total. The van der Waals surface area contributed by atoms with Crippen LogP contribution in [0.4, 0.5) is 0 Å². The van der Waals surface area contributed by atoms with E-state index in [0.717, 1.165) is 141 Å². The molecule has 382 valence electrons. The zero-order chi connectivity index (χ0) is 49.3. The predicted molar refractivity (Wildman–Crippen MR) is 292 cm³/mol. The van der Waals surface area contributed by atoms with Crippen molar-refractivity contribution < 1.29 is 28.6 Å². The van der Waals surface area contributed by atoms with Crippen LogP contribution in [-0.2, 0) is 28.6 Å². The molecule has 0 aliphatic rings. The number of allylic oxidation sites excluding steroid dienone is 22. The lowest BCUT2D eigenvalue weighted by atomic mass is 10.1. The Bertz CT molecular complexity index is 1500. The van der Waals surface area contributed by atoms with Crippen molar-refractivity contribution in [2.75, 3.05) is 13.2 Å². The van der Waals surface area contributed by atoms with E-state index in [1.807, 2.05) is 12.2 Å². The summed E-state index contributed by atoms with van der Waals surface area (Å²) in [4.78, 5) is 38.1. The lowest BCUT2D eigenvalue weighted by Crippen LogP contribution is -2.30. The van der Waals surface area contributed by atoms with E-state index in [1.165, 1.54) is 32.1 Å². The van der Waals surface area contributed by atoms with Gasteiger partial charge < -0.3 is 14.2 Å². The Kier molecular flexibility index (Phi) is 51.5. The first kappa shape index (κ1) is 63.5. The maximum Gasteiger partial charge on any atom is 0.306 e. The summed E-state index contributed by atoms with van der Waals surface area (Å²) < 4.78 is 16.7. The second-order valence-corrected chi connectivity index (χ2v) is 17.4. The summed E-state index contributed by atoms with van der Waals surface area (Å²) in [6.07, 6.45) is 77.3. The predicted octanol–water partition coefficient (Wildman–Crippen LogP) is 18.3. The molecule has 68 heavy (non-hydrogen) atoms. The van der Waals surface area contributed by atoms with Gasteiger partial charge in [-0.2, -0.15) is 0 Å². The number of unbranched alkanes of at least 4 members (excludes halogenated alkanes) is 14. The van der Waals surface area contributed by atoms with E-state index in [1.54, 1.807) is 0 Å². The molecule has 1 unspecified atom stereocenters. The summed E-state index contributed by atoms with van der Waals surface area (Å²) in [7, 11) is 0. The molecule has 0 saturated carbocycles. The monoisotopic (exact) mass is 939 g/mol. The van der Waals surface area contributed by atoms with Gasteiger partial charge in [-0.1, -0.05) is 212 Å². The third kappa shape index (κ3) is 52.5. The van der Waals surface area contributed by atoms with Crippen molar-refractivity contribution in [2.24, 2.45) is 0 Å². The van der Waals surface area contributed by atoms with Gasteiger partial charge in [-0.15, -0.1) is 0 Å². The lowest BCUT2D eigenvalue weighted by molar-refractivity contribution is -0.166. The van der Waals surface area contributed by atoms with Crippen molar-refractivity contribution >= 4 is 17.9 Å². The van der Waals surface area contributed by atoms with Crippen LogP contribution in [-0.4, -0.2) is 37.2 Å². The second kappa shape index (κ2) is 55.1. The van der Waals surface area contributed by atoms with Crippen LogP contribution >= 0.6 is 0 Å². The summed E-state index contributed by atoms with van der Waals surface area (Å²) in [5, 5.41) is 0. The SMILES string of the molecule is CC/C=C\C/C=C\C/C=C\C/C=C\C/C=C\C/C=C\CCC(=O)OCC(COC(=O)CCCCCCC/C=C\C/C=C\C/C=C\CC)OC(=O)CCCCCCC/C=C\C/C=C\CCCCCC. The van der Waals surface area contributed by atoms with E-state index in [4.69, 9.17) is 14.2 Å². The van der Waals surface area contributed by atoms with Crippen molar-refractivity contribution in [1.29, 1.82) is 0 Å². The van der Waals surface area contributed by atoms with Crippen molar-refractivity contribution in [2.45, 2.75) is 226 Å². The van der Waals surface area contributed by atoms with Crippen LogP contribution in [0.1, 0.15) is 220 Å². The highest BCUT2D eigenvalue weighted by Gasteiger charge is 2.19. The Balaban J connectivity index is 4.58. The van der Waals surface area contributed by atoms with Crippen molar-refractivity contribution in [3.8, 4) is 0 Å². The number of carbonyl (C=O) groups is 3. The molecule has 0 aromatic rings. The lowest BCUT2D eigenvalue weighted by Gasteiger charge is -2.18. The van der Waals surface area contributed by atoms with Crippen molar-refractivity contribution in [1.82, 2.24) is 0 Å². The third-order valence-corrected chi connectivity index (χ3v) is 10.9. The summed E-state index contributed by atoms with van der Waals surface area (Å²) in [5.74, 6) is -1.04. The first-order chi connectivity index (χ1) is 33.5. The quantitative estimate of drug-likeness (QED) is 0.0262. The molecular weight excluding hydrogens is 841 g/mol. The molecule has 0 fully saturated rings. The highest BCUT2D eigenvalue weighted by atomic mass is 16.6. The third-order valence-electron chi connectivity index (χ3n) is 10.9. The van der Waals surface area contributed by atoms with Crippen LogP contribution in [0.2, 0.25) is 0 Å². The van der Waals surface area contributed by atoms with Gasteiger partial charge >= 0.3 is 17.9 Å². The molecule has 0 aliphatic carbocycles. The Hall–Kier alpha value is -4.45. The maximum absolute atomic E-state index is 12.8. The van der Waals surface area contributed by atoms with Gasteiger partial charge in [-0.25, -0.2) is 0 Å². The van der Waals surface area contributed by atoms with Crippen LogP contribution in [0, 0.1) is 0 Å². The molecule has 0 aromatic heterocycles. The summed E-state index contributed by atoms with van der Waals surface area (Å²) in [5.41, 5.74) is 0. The Morgan fingerprint density at radius 2 is 0.603 bits per heavy atom. The topological polar surface area (TPSA) is 78.9 Å². The molecule has 0 radical (unpaired) electrons. The minimum Gasteiger partial charge on any atom is -0.462 e. The Morgan fingerprint density at radius 3 is 0.985 bits per heavy atom. The molecule has 0 amide bonds. The number of hydrogen-bond donors (Lipinski definition) is 0. The minimum atomic E-state index is -0.828. The van der Waals surface area contributed by atoms with Gasteiger partial charge in [0.05, 0.1) is 0 Å². The number of ether oxygens (including phenoxy) is 3. The molecule has 0 saturated heterocycles. The van der Waals surface area contributed by atoms with Gasteiger partial charge in [0, 0.05) is 19.3 Å². The first-order valence-electron chi connectivity index (χ1n) is 27.2. The summed E-state index contributed by atoms with van der Waals surface area (Å²) in [6.45, 7) is 6.29. The molecule has 1 atom stereocenters. The summed E-state index contributed by atoms with van der Waals surface area (Å²) in [6, 6.07) is 0. The first-order valence-corrected chi connectivity index (χ1v) is 27.2. The average Bonchev–Trinajstić information content (AvgIpc) is 3.34. The van der Waals surface area contributed by atoms with E-state index >= 15 is 0 Å². The number of carbonyl (C=O) groups excluding carboxylic acids is 3. The van der Waals surface area contributed by atoms with Crippen LogP contribution in [0.5, 0.6) is 0 Å². The molecule has 0 N–H and O–H groups in total. The highest BCUT2D eigenvalue weighted by Crippen LogP contribution is 2.12. The number of hydrogen-bond acceptors (Lipinski definition) is 6. The Labute approximate surface area is 417 Å². The molecule has 6 heteroatoms. The van der Waals surface area contributed by atoms with Gasteiger partial charge in [0.2, 0.25) is 0 Å². The molecule has 0 bridgehead atoms. The van der Waals surface area contributed by atoms with Crippen LogP contribution in [0.25, 0.3) is 0 Å². The fourth-order valence-corrected chi connectivity index (χ4v) is 6.86. The zero-order valence-corrected chi connectivity index (χ0v) is 43.6. The van der Waals surface area contributed by atoms with Gasteiger partial charge in [0.1, 0.15) is 13.2 Å². The maximum atomic E-state index is 12.8. The fourth-order valence-electron chi connectivity index (χ4n) is 6.86. The second-order valence-electron chi connectivity index (χ2n) is 17.4. The average molecular weight is 939 g/mol. The minimum absolute atomic E-state index is 0.121. The van der Waals surface area contributed by atoms with E-state index in [9.17, 15) is 14.4 Å². The van der Waals surface area contributed by atoms with Gasteiger partial charge in [0.15, 0.2) is 6.10 Å². The Morgan fingerprint density at radius 1 is 0.309 bits per heavy atom. The van der Waals surface area contributed by atoms with Crippen molar-refractivity contribution in [3.05, 3.63) is 134 Å². The fraction of sp³-hybridized carbons (Fsp3) is 0.597. The van der Waals surface area contributed by atoms with Crippen LogP contribution in [0.15, 0.2) is 134 Å². The van der Waals surface area contributed by atoms with Crippen LogP contribution in [0.3, 0.4) is 0 Å². The highest BCUT2D eigenvalue weighted by molar-refractivity contribution is 5.71. The largest absolute Gasteiger partial charge is 0.462 e. The van der Waals surface area contributed by atoms with E-state index in [0.29, 0.717) is 12.8 Å². The smallest absolute Gasteiger partial charge is 0.306 e. The zero-order valence-electron chi connectivity index (χ0n) is 43.6. The van der Waals surface area contributed by atoms with E-state index in [2.05, 4.69) is 142 Å². The van der Waals surface area contributed by atoms with Crippen molar-refractivity contribution in [3.63, 3.8) is 0 Å². The molecular formula is C62H98O6. The molecule has 0 aromatic carbocycles. The van der Waals surface area contributed by atoms with Gasteiger partial charge in [0.25, 0.3) is 0 Å².